The summed E-state index contributed by atoms with van der Waals surface area (Å²) in [6.07, 6.45) is -0.261. The molecule has 3 aromatic rings. The second kappa shape index (κ2) is 10.5. The number of nitrogens with zero attached hydrogens (tertiary/aromatic N) is 2. The third-order valence-electron chi connectivity index (χ3n) is 7.54. The predicted octanol–water partition coefficient (Wildman–Crippen LogP) is 3.65. The number of hydrogen-bond donors (Lipinski definition) is 2. The Morgan fingerprint density at radius 2 is 1.56 bits per heavy atom. The fourth-order valence-corrected chi connectivity index (χ4v) is 6.06. The minimum absolute atomic E-state index is 0.0608. The van der Waals surface area contributed by atoms with Gasteiger partial charge in [-0.15, -0.1) is 0 Å². The van der Waals surface area contributed by atoms with Crippen LogP contribution in [-0.2, 0) is 11.3 Å². The third-order valence-corrected chi connectivity index (χ3v) is 9.16. The van der Waals surface area contributed by atoms with E-state index in [0.29, 0.717) is 31.7 Å². The van der Waals surface area contributed by atoms with Gasteiger partial charge in [0.2, 0.25) is 0 Å². The Balaban J connectivity index is 1.19. The number of rotatable bonds is 5. The normalized spacial score (nSPS) is 15.5. The highest BCUT2D eigenvalue weighted by Gasteiger charge is 2.30. The van der Waals surface area contributed by atoms with Gasteiger partial charge in [0.15, 0.2) is 0 Å². The second-order valence-electron chi connectivity index (χ2n) is 9.63. The summed E-state index contributed by atoms with van der Waals surface area (Å²) >= 11 is 2.27. The van der Waals surface area contributed by atoms with Crippen molar-refractivity contribution in [3.8, 4) is 11.1 Å². The van der Waals surface area contributed by atoms with Crippen molar-refractivity contribution in [2.24, 2.45) is 0 Å². The van der Waals surface area contributed by atoms with E-state index in [1.54, 1.807) is 4.90 Å². The van der Waals surface area contributed by atoms with Crippen LogP contribution in [0.5, 0.6) is 0 Å². The van der Waals surface area contributed by atoms with E-state index >= 15 is 0 Å². The highest BCUT2D eigenvalue weighted by atomic mass is 127. The Labute approximate surface area is 226 Å². The Morgan fingerprint density at radius 3 is 2.14 bits per heavy atom. The van der Waals surface area contributed by atoms with Gasteiger partial charge in [-0.05, 0) is 80.8 Å². The highest BCUT2D eigenvalue weighted by Crippen LogP contribution is 2.44. The molecule has 1 aliphatic heterocycles. The summed E-state index contributed by atoms with van der Waals surface area (Å²) in [6.45, 7) is 7.73. The minimum atomic E-state index is -1.48. The smallest absolute Gasteiger partial charge is 0.448 e. The molecule has 6 nitrogen and oxygen atoms in total. The van der Waals surface area contributed by atoms with E-state index < -0.39 is 7.12 Å². The maximum absolute atomic E-state index is 12.9. The molecule has 186 valence electrons. The lowest BCUT2D eigenvalue weighted by atomic mass is 9.75. The lowest BCUT2D eigenvalue weighted by molar-refractivity contribution is 0.0728. The van der Waals surface area contributed by atoms with Crippen molar-refractivity contribution in [3.63, 3.8) is 0 Å². The first kappa shape index (κ1) is 25.3. The fourth-order valence-electron chi connectivity index (χ4n) is 5.40. The number of halogens is 1. The van der Waals surface area contributed by atoms with Crippen LogP contribution in [0.1, 0.15) is 33.7 Å². The molecule has 3 aromatic carbocycles. The Kier molecular flexibility index (Phi) is 7.39. The number of ether oxygens (including phenoxy) is 1. The van der Waals surface area contributed by atoms with Crippen molar-refractivity contribution < 1.29 is 19.6 Å². The molecule has 2 N–H and O–H groups in total. The highest BCUT2D eigenvalue weighted by molar-refractivity contribution is 14.1. The van der Waals surface area contributed by atoms with Crippen LogP contribution in [0.2, 0.25) is 0 Å². The van der Waals surface area contributed by atoms with Gasteiger partial charge >= 0.3 is 13.2 Å². The van der Waals surface area contributed by atoms with Crippen molar-refractivity contribution in [1.29, 1.82) is 0 Å². The van der Waals surface area contributed by atoms with Crippen molar-refractivity contribution in [2.75, 3.05) is 32.8 Å². The molecule has 1 saturated heterocycles. The molecule has 1 amide bonds. The van der Waals surface area contributed by atoms with E-state index in [0.717, 1.165) is 33.4 Å². The Hall–Kier alpha value is -2.40. The summed E-state index contributed by atoms with van der Waals surface area (Å²) in [7, 11) is -1.48. The molecule has 0 bridgehead atoms. The number of amides is 1. The van der Waals surface area contributed by atoms with Crippen molar-refractivity contribution >= 4 is 41.3 Å². The maximum atomic E-state index is 12.9. The molecular formula is C28H30BIN2O4. The summed E-state index contributed by atoms with van der Waals surface area (Å²) in [4.78, 5) is 17.0. The second-order valence-corrected chi connectivity index (χ2v) is 10.7. The summed E-state index contributed by atoms with van der Waals surface area (Å²) in [5.41, 5.74) is 8.59. The average Bonchev–Trinajstić information content (AvgIpc) is 3.21. The van der Waals surface area contributed by atoms with E-state index in [-0.39, 0.29) is 12.0 Å². The van der Waals surface area contributed by atoms with Gasteiger partial charge in [-0.25, -0.2) is 4.79 Å². The van der Waals surface area contributed by atoms with E-state index in [4.69, 9.17) is 4.74 Å². The number of piperazine rings is 1. The van der Waals surface area contributed by atoms with Gasteiger partial charge in [0.05, 0.1) is 0 Å². The first-order chi connectivity index (χ1) is 17.3. The van der Waals surface area contributed by atoms with Gasteiger partial charge in [-0.1, -0.05) is 54.6 Å². The molecule has 2 aliphatic rings. The van der Waals surface area contributed by atoms with Crippen LogP contribution < -0.4 is 5.46 Å². The zero-order chi connectivity index (χ0) is 25.4. The molecule has 0 radical (unpaired) electrons. The Morgan fingerprint density at radius 1 is 0.972 bits per heavy atom. The predicted molar refractivity (Wildman–Crippen MR) is 150 cm³/mol. The van der Waals surface area contributed by atoms with Crippen LogP contribution in [0.3, 0.4) is 0 Å². The fraction of sp³-hybridized carbons (Fsp3) is 0.321. The quantitative estimate of drug-likeness (QED) is 0.348. The molecule has 0 atom stereocenters. The number of carbonyl (C=O) groups excluding carboxylic acids is 1. The standard InChI is InChI=1S/C28H30BIN2O4/c1-18-20(15-26(29(34)35)19(2)27(18)30)16-31-11-13-32(14-12-31)28(33)36-17-25-23-9-5-3-7-21(23)22-8-4-6-10-24(22)25/h3-10,15,25,34-35H,11-14,16-17H2,1-2H3. The van der Waals surface area contributed by atoms with E-state index in [1.807, 2.05) is 25.1 Å². The lowest BCUT2D eigenvalue weighted by Crippen LogP contribution is -2.48. The molecule has 0 spiro atoms. The summed E-state index contributed by atoms with van der Waals surface area (Å²) in [6, 6.07) is 18.6. The minimum Gasteiger partial charge on any atom is -0.448 e. The van der Waals surface area contributed by atoms with Crippen LogP contribution >= 0.6 is 22.6 Å². The number of benzene rings is 3. The number of carbonyl (C=O) groups is 1. The largest absolute Gasteiger partial charge is 0.488 e. The SMILES string of the molecule is Cc1c(CN2CCN(C(=O)OCC3c4ccccc4-c4ccccc43)CC2)cc(B(O)O)c(C)c1I. The van der Waals surface area contributed by atoms with E-state index in [2.05, 4.69) is 70.8 Å². The molecule has 36 heavy (non-hydrogen) atoms. The molecule has 1 heterocycles. The van der Waals surface area contributed by atoms with E-state index in [1.165, 1.54) is 22.3 Å². The van der Waals surface area contributed by atoms with Gasteiger partial charge in [-0.2, -0.15) is 0 Å². The molecule has 0 aromatic heterocycles. The van der Waals surface area contributed by atoms with Gasteiger partial charge in [-0.3, -0.25) is 4.90 Å². The summed E-state index contributed by atoms with van der Waals surface area (Å²) < 4.78 is 6.90. The number of fused-ring (bicyclic) bond motifs is 3. The molecule has 1 fully saturated rings. The zero-order valence-corrected chi connectivity index (χ0v) is 22.7. The van der Waals surface area contributed by atoms with Crippen molar-refractivity contribution in [1.82, 2.24) is 9.80 Å². The van der Waals surface area contributed by atoms with E-state index in [9.17, 15) is 14.8 Å². The van der Waals surface area contributed by atoms with Crippen LogP contribution in [0.15, 0.2) is 54.6 Å². The van der Waals surface area contributed by atoms with Gasteiger partial charge in [0, 0.05) is 42.2 Å². The molecule has 5 rings (SSSR count). The number of hydrogen-bond acceptors (Lipinski definition) is 5. The van der Waals surface area contributed by atoms with Gasteiger partial charge in [0.25, 0.3) is 0 Å². The maximum Gasteiger partial charge on any atom is 0.488 e. The lowest BCUT2D eigenvalue weighted by Gasteiger charge is -2.34. The molecule has 0 saturated carbocycles. The summed E-state index contributed by atoms with van der Waals surface area (Å²) in [5.74, 6) is 0.0608. The molecule has 1 aliphatic carbocycles. The molecule has 8 heteroatoms. The Bertz CT molecular complexity index is 1250. The third kappa shape index (κ3) is 4.79. The molecule has 0 unspecified atom stereocenters. The first-order valence-electron chi connectivity index (χ1n) is 12.3. The van der Waals surface area contributed by atoms with Gasteiger partial charge in [0.1, 0.15) is 6.61 Å². The van der Waals surface area contributed by atoms with Crippen molar-refractivity contribution in [2.45, 2.75) is 26.3 Å². The van der Waals surface area contributed by atoms with Gasteiger partial charge < -0.3 is 19.7 Å². The molecular weight excluding hydrogens is 566 g/mol. The van der Waals surface area contributed by atoms with Crippen LogP contribution in [0.4, 0.5) is 4.79 Å². The summed E-state index contributed by atoms with van der Waals surface area (Å²) in [5, 5.41) is 19.5. The first-order valence-corrected chi connectivity index (χ1v) is 13.4. The monoisotopic (exact) mass is 596 g/mol. The average molecular weight is 596 g/mol. The van der Waals surface area contributed by atoms with Crippen LogP contribution in [0, 0.1) is 17.4 Å². The van der Waals surface area contributed by atoms with Crippen LogP contribution in [-0.4, -0.2) is 65.8 Å². The van der Waals surface area contributed by atoms with Crippen molar-refractivity contribution in [3.05, 3.63) is 86.0 Å². The zero-order valence-electron chi connectivity index (χ0n) is 20.6. The van der Waals surface area contributed by atoms with Crippen LogP contribution in [0.25, 0.3) is 11.1 Å². The topological polar surface area (TPSA) is 73.2 Å².